The topological polar surface area (TPSA) is 96.2 Å². The number of aryl methyl sites for hydroxylation is 1. The van der Waals surface area contributed by atoms with Gasteiger partial charge in [-0.2, -0.15) is 0 Å². The zero-order chi connectivity index (χ0) is 18.4. The molecule has 0 spiro atoms. The maximum absolute atomic E-state index is 12.0. The summed E-state index contributed by atoms with van der Waals surface area (Å²) in [4.78, 5) is 16.6. The summed E-state index contributed by atoms with van der Waals surface area (Å²) in [6, 6.07) is 0.415. The van der Waals surface area contributed by atoms with Crippen molar-refractivity contribution in [1.29, 1.82) is 0 Å². The second kappa shape index (κ2) is 10.1. The Hall–Kier alpha value is -1.39. The molecule has 0 atom stereocenters. The van der Waals surface area contributed by atoms with Gasteiger partial charge >= 0.3 is 0 Å². The Morgan fingerprint density at radius 1 is 1.27 bits per heavy atom. The van der Waals surface area contributed by atoms with Crippen LogP contribution in [0.5, 0.6) is 0 Å². The number of nitrogens with one attached hydrogen (secondary N) is 3. The van der Waals surface area contributed by atoms with Gasteiger partial charge in [0.05, 0.1) is 6.54 Å². The first-order valence-corrected chi connectivity index (χ1v) is 8.95. The summed E-state index contributed by atoms with van der Waals surface area (Å²) in [6.07, 6.45) is 4.74. The Morgan fingerprint density at radius 3 is 2.46 bits per heavy atom. The van der Waals surface area contributed by atoms with Crippen LogP contribution < -0.4 is 16.0 Å². The molecule has 1 fully saturated rings. The predicted molar refractivity (Wildman–Crippen MR) is 114 cm³/mol. The van der Waals surface area contributed by atoms with Crippen molar-refractivity contribution in [3.63, 3.8) is 0 Å². The number of guanidine groups is 1. The SMILES string of the molecule is Cc1nnc(CN=C(NCC(=O)NC(C)(C)C)NC2CCCC2)n1C.I. The third-order valence-corrected chi connectivity index (χ3v) is 4.19. The fourth-order valence-corrected chi connectivity index (χ4v) is 2.78. The van der Waals surface area contributed by atoms with Crippen molar-refractivity contribution in [2.24, 2.45) is 12.0 Å². The van der Waals surface area contributed by atoms with Gasteiger partial charge in [-0.3, -0.25) is 4.79 Å². The minimum atomic E-state index is -0.245. The van der Waals surface area contributed by atoms with E-state index in [1.165, 1.54) is 12.8 Å². The Morgan fingerprint density at radius 2 is 1.92 bits per heavy atom. The van der Waals surface area contributed by atoms with E-state index in [0.29, 0.717) is 18.5 Å². The van der Waals surface area contributed by atoms with Crippen molar-refractivity contribution in [3.8, 4) is 0 Å². The standard InChI is InChI=1S/C17H31N7O.HI/c1-12-22-23-14(24(12)5)10-18-16(20-13-8-6-7-9-13)19-11-15(25)21-17(2,3)4;/h13H,6-11H2,1-5H3,(H,21,25)(H2,18,19,20);1H. The van der Waals surface area contributed by atoms with Crippen LogP contribution in [0, 0.1) is 6.92 Å². The predicted octanol–water partition coefficient (Wildman–Crippen LogP) is 1.63. The number of rotatable bonds is 5. The summed E-state index contributed by atoms with van der Waals surface area (Å²) < 4.78 is 1.92. The van der Waals surface area contributed by atoms with Crippen molar-refractivity contribution in [2.45, 2.75) is 71.5 Å². The van der Waals surface area contributed by atoms with Crippen molar-refractivity contribution in [1.82, 2.24) is 30.7 Å². The lowest BCUT2D eigenvalue weighted by molar-refractivity contribution is -0.121. The summed E-state index contributed by atoms with van der Waals surface area (Å²) >= 11 is 0. The normalized spacial score (nSPS) is 15.5. The molecule has 0 bridgehead atoms. The molecule has 26 heavy (non-hydrogen) atoms. The number of carbonyl (C=O) groups is 1. The maximum Gasteiger partial charge on any atom is 0.239 e. The molecule has 1 aromatic heterocycles. The third kappa shape index (κ3) is 7.46. The molecule has 0 radical (unpaired) electrons. The van der Waals surface area contributed by atoms with Crippen LogP contribution in [0.2, 0.25) is 0 Å². The Labute approximate surface area is 173 Å². The lowest BCUT2D eigenvalue weighted by Crippen LogP contribution is -2.49. The van der Waals surface area contributed by atoms with E-state index < -0.39 is 0 Å². The molecule has 1 saturated carbocycles. The molecule has 9 heteroatoms. The van der Waals surface area contributed by atoms with Crippen LogP contribution in [0.15, 0.2) is 4.99 Å². The summed E-state index contributed by atoms with van der Waals surface area (Å²) in [5.74, 6) is 2.25. The highest BCUT2D eigenvalue weighted by molar-refractivity contribution is 14.0. The van der Waals surface area contributed by atoms with E-state index in [-0.39, 0.29) is 42.0 Å². The summed E-state index contributed by atoms with van der Waals surface area (Å²) in [6.45, 7) is 8.41. The highest BCUT2D eigenvalue weighted by Gasteiger charge is 2.18. The second-order valence-electron chi connectivity index (χ2n) is 7.66. The average molecular weight is 477 g/mol. The second-order valence-corrected chi connectivity index (χ2v) is 7.66. The first-order chi connectivity index (χ1) is 11.7. The Bertz CT molecular complexity index is 615. The van der Waals surface area contributed by atoms with Crippen LogP contribution in [-0.2, 0) is 18.4 Å². The van der Waals surface area contributed by atoms with Crippen molar-refractivity contribution in [3.05, 3.63) is 11.6 Å². The molecular formula is C17H32IN7O. The van der Waals surface area contributed by atoms with Gasteiger partial charge in [-0.1, -0.05) is 12.8 Å². The number of aliphatic imine (C=N–C) groups is 1. The van der Waals surface area contributed by atoms with E-state index in [1.807, 2.05) is 39.3 Å². The molecule has 1 amide bonds. The van der Waals surface area contributed by atoms with Gasteiger partial charge in [0.15, 0.2) is 11.8 Å². The smallest absolute Gasteiger partial charge is 0.239 e. The molecule has 1 aliphatic carbocycles. The Balaban J connectivity index is 0.00000338. The highest BCUT2D eigenvalue weighted by Crippen LogP contribution is 2.17. The van der Waals surface area contributed by atoms with Crippen LogP contribution in [0.4, 0.5) is 0 Å². The summed E-state index contributed by atoms with van der Waals surface area (Å²) in [5, 5.41) is 17.7. The van der Waals surface area contributed by atoms with E-state index in [9.17, 15) is 4.79 Å². The van der Waals surface area contributed by atoms with Gasteiger partial charge in [0.1, 0.15) is 12.4 Å². The fraction of sp³-hybridized carbons (Fsp3) is 0.765. The van der Waals surface area contributed by atoms with Gasteiger partial charge in [0.2, 0.25) is 5.91 Å². The number of halogens is 1. The lowest BCUT2D eigenvalue weighted by Gasteiger charge is -2.22. The van der Waals surface area contributed by atoms with Gasteiger partial charge in [-0.25, -0.2) is 4.99 Å². The van der Waals surface area contributed by atoms with Crippen molar-refractivity contribution in [2.75, 3.05) is 6.54 Å². The lowest BCUT2D eigenvalue weighted by atomic mass is 10.1. The van der Waals surface area contributed by atoms with Crippen LogP contribution >= 0.6 is 24.0 Å². The van der Waals surface area contributed by atoms with Crippen molar-refractivity contribution >= 4 is 35.8 Å². The van der Waals surface area contributed by atoms with Gasteiger partial charge in [-0.05, 0) is 40.5 Å². The van der Waals surface area contributed by atoms with E-state index in [0.717, 1.165) is 24.5 Å². The van der Waals surface area contributed by atoms with E-state index in [2.05, 4.69) is 31.1 Å². The zero-order valence-corrected chi connectivity index (χ0v) is 18.8. The maximum atomic E-state index is 12.0. The third-order valence-electron chi connectivity index (χ3n) is 4.19. The molecule has 2 rings (SSSR count). The van der Waals surface area contributed by atoms with Crippen molar-refractivity contribution < 1.29 is 4.79 Å². The number of nitrogens with zero attached hydrogens (tertiary/aromatic N) is 4. The van der Waals surface area contributed by atoms with Gasteiger partial charge in [0.25, 0.3) is 0 Å². The first kappa shape index (κ1) is 22.7. The highest BCUT2D eigenvalue weighted by atomic mass is 127. The molecule has 1 heterocycles. The molecule has 3 N–H and O–H groups in total. The number of hydrogen-bond donors (Lipinski definition) is 3. The monoisotopic (exact) mass is 477 g/mol. The van der Waals surface area contributed by atoms with Crippen LogP contribution in [-0.4, -0.2) is 44.8 Å². The summed E-state index contributed by atoms with van der Waals surface area (Å²) in [7, 11) is 1.93. The van der Waals surface area contributed by atoms with Gasteiger partial charge in [0, 0.05) is 18.6 Å². The first-order valence-electron chi connectivity index (χ1n) is 8.95. The zero-order valence-electron chi connectivity index (χ0n) is 16.4. The van der Waals surface area contributed by atoms with Crippen LogP contribution in [0.1, 0.15) is 58.1 Å². The Kier molecular flexibility index (Phi) is 8.78. The van der Waals surface area contributed by atoms with E-state index in [1.54, 1.807) is 0 Å². The quantitative estimate of drug-likeness (QED) is 0.341. The van der Waals surface area contributed by atoms with Crippen LogP contribution in [0.25, 0.3) is 0 Å². The number of amides is 1. The molecule has 0 unspecified atom stereocenters. The number of aromatic nitrogens is 3. The largest absolute Gasteiger partial charge is 0.354 e. The van der Waals surface area contributed by atoms with Crippen LogP contribution in [0.3, 0.4) is 0 Å². The minimum Gasteiger partial charge on any atom is -0.354 e. The van der Waals surface area contributed by atoms with Gasteiger partial charge < -0.3 is 20.5 Å². The molecule has 1 aromatic rings. The molecule has 0 aromatic carbocycles. The fourth-order valence-electron chi connectivity index (χ4n) is 2.78. The molecule has 0 aliphatic heterocycles. The number of carbonyl (C=O) groups excluding carboxylic acids is 1. The average Bonchev–Trinajstić information content (AvgIpc) is 3.12. The van der Waals surface area contributed by atoms with E-state index >= 15 is 0 Å². The molecule has 148 valence electrons. The molecule has 8 nitrogen and oxygen atoms in total. The molecule has 0 saturated heterocycles. The van der Waals surface area contributed by atoms with E-state index in [4.69, 9.17) is 0 Å². The molecular weight excluding hydrogens is 445 g/mol. The van der Waals surface area contributed by atoms with Gasteiger partial charge in [-0.15, -0.1) is 34.2 Å². The number of hydrogen-bond acceptors (Lipinski definition) is 4. The minimum absolute atomic E-state index is 0. The molecule has 1 aliphatic rings. The summed E-state index contributed by atoms with van der Waals surface area (Å²) in [5.41, 5.74) is -0.245.